The fourth-order valence-electron chi connectivity index (χ4n) is 4.28. The maximum atomic E-state index is 13.5. The van der Waals surface area contributed by atoms with Gasteiger partial charge in [-0.1, -0.05) is 43.0 Å². The van der Waals surface area contributed by atoms with Crippen molar-refractivity contribution >= 4 is 68.5 Å². The van der Waals surface area contributed by atoms with Crippen molar-refractivity contribution in [1.82, 2.24) is 4.57 Å². The first-order valence-corrected chi connectivity index (χ1v) is 15.3. The normalized spacial score (nSPS) is 14.7. The van der Waals surface area contributed by atoms with Gasteiger partial charge in [-0.05, 0) is 42.0 Å². The van der Waals surface area contributed by atoms with E-state index in [0.717, 1.165) is 30.5 Å². The Morgan fingerprint density at radius 2 is 1.97 bits per heavy atom. The zero-order valence-corrected chi connectivity index (χ0v) is 25.7. The van der Waals surface area contributed by atoms with E-state index in [-0.39, 0.29) is 23.9 Å². The largest absolute Gasteiger partial charge is 1.00 e. The van der Waals surface area contributed by atoms with Crippen LogP contribution in [-0.2, 0) is 17.8 Å². The first kappa shape index (κ1) is 28.6. The van der Waals surface area contributed by atoms with Gasteiger partial charge in [-0.25, -0.2) is 4.79 Å². The summed E-state index contributed by atoms with van der Waals surface area (Å²) in [5.74, 6) is 0.140. The van der Waals surface area contributed by atoms with E-state index in [9.17, 15) is 9.59 Å². The van der Waals surface area contributed by atoms with Gasteiger partial charge in [-0.2, -0.15) is 4.57 Å². The van der Waals surface area contributed by atoms with Crippen LogP contribution in [-0.4, -0.2) is 24.7 Å². The van der Waals surface area contributed by atoms with E-state index in [1.54, 1.807) is 23.1 Å². The first-order valence-electron chi connectivity index (χ1n) is 11.9. The van der Waals surface area contributed by atoms with Crippen molar-refractivity contribution in [2.75, 3.05) is 19.1 Å². The van der Waals surface area contributed by atoms with Gasteiger partial charge in [0.05, 0.1) is 24.3 Å². The molecule has 0 aliphatic carbocycles. The molecule has 38 heavy (non-hydrogen) atoms. The number of esters is 1. The number of methoxy groups -OCH3 is 1. The number of hydrogen-bond acceptors (Lipinski definition) is 8. The van der Waals surface area contributed by atoms with Crippen molar-refractivity contribution in [3.05, 3.63) is 81.8 Å². The molecule has 6 nitrogen and oxygen atoms in total. The molecule has 4 heterocycles. The molecule has 0 spiro atoms. The Balaban J connectivity index is 0.00000336. The van der Waals surface area contributed by atoms with Gasteiger partial charge in [0.2, 0.25) is 0 Å². The lowest BCUT2D eigenvalue weighted by Gasteiger charge is -2.13. The van der Waals surface area contributed by atoms with Crippen LogP contribution in [0.4, 0.5) is 5.69 Å². The van der Waals surface area contributed by atoms with Gasteiger partial charge in [0.25, 0.3) is 10.6 Å². The molecule has 0 saturated heterocycles. The molecule has 0 unspecified atom stereocenters. The number of rotatable bonds is 6. The minimum atomic E-state index is -0.314. The Morgan fingerprint density at radius 3 is 2.68 bits per heavy atom. The zero-order chi connectivity index (χ0) is 26.3. The summed E-state index contributed by atoms with van der Waals surface area (Å²) in [7, 11) is 3.44. The lowest BCUT2D eigenvalue weighted by molar-refractivity contribution is -0.685. The molecule has 5 rings (SSSR count). The third-order valence-corrected chi connectivity index (χ3v) is 10.6. The standard InChI is InChI=1S/C27H28N3O3S4.ClH/c1-6-30-22(14-21-29(10-12-34-21)15-18-9-11-35-23(18)27(32)33-5)37-24(25(30)31)26-28(4)19-8-7-17(16(2)3)13-20(19)36-26;/h7-14,16H,6,15H2,1-5H3;1H/q+1;/p-1/b26-24+;. The fraction of sp³-hybridized carbons (Fsp3) is 0.296. The second kappa shape index (κ2) is 11.8. The fourth-order valence-corrected chi connectivity index (χ4v) is 8.48. The SMILES string of the molecule is CCn1c(=O)/c(=C2\Sc3cc(C(C)C)ccc3N2C)s/c1=C\c1scc[n+]1Cc1ccsc1C(=O)OC.[Cl-]. The third kappa shape index (κ3) is 5.24. The van der Waals surface area contributed by atoms with Crippen molar-refractivity contribution in [3.63, 3.8) is 0 Å². The van der Waals surface area contributed by atoms with Crippen LogP contribution in [0.5, 0.6) is 0 Å². The van der Waals surface area contributed by atoms with E-state index < -0.39 is 0 Å². The van der Waals surface area contributed by atoms with E-state index in [1.165, 1.54) is 40.2 Å². The second-order valence-electron chi connectivity index (χ2n) is 8.95. The maximum Gasteiger partial charge on any atom is 0.348 e. The number of ether oxygens (including phenoxy) is 1. The molecule has 200 valence electrons. The van der Waals surface area contributed by atoms with E-state index in [0.29, 0.717) is 23.9 Å². The first-order chi connectivity index (χ1) is 17.8. The van der Waals surface area contributed by atoms with Gasteiger partial charge < -0.3 is 22.0 Å². The Bertz CT molecular complexity index is 1660. The molecule has 11 heteroatoms. The maximum absolute atomic E-state index is 13.5. The number of thiazole rings is 2. The summed E-state index contributed by atoms with van der Waals surface area (Å²) in [6.45, 7) is 7.55. The Morgan fingerprint density at radius 1 is 1.18 bits per heavy atom. The molecular formula is C27H28ClN3O3S4. The van der Waals surface area contributed by atoms with Gasteiger partial charge in [-0.3, -0.25) is 9.36 Å². The number of halogens is 1. The van der Waals surface area contributed by atoms with Crippen molar-refractivity contribution in [3.8, 4) is 0 Å². The lowest BCUT2D eigenvalue weighted by Crippen LogP contribution is -3.00. The van der Waals surface area contributed by atoms with E-state index in [1.807, 2.05) is 41.6 Å². The minimum absolute atomic E-state index is 0. The molecular weight excluding hydrogens is 578 g/mol. The molecule has 0 saturated carbocycles. The average molecular weight is 606 g/mol. The van der Waals surface area contributed by atoms with Gasteiger partial charge in [0.1, 0.15) is 19.1 Å². The third-order valence-electron chi connectivity index (χ3n) is 6.36. The molecule has 1 aliphatic rings. The molecule has 1 aliphatic heterocycles. The highest BCUT2D eigenvalue weighted by Gasteiger charge is 2.26. The minimum Gasteiger partial charge on any atom is -1.00 e. The molecule has 0 N–H and O–H groups in total. The zero-order valence-electron chi connectivity index (χ0n) is 21.7. The van der Waals surface area contributed by atoms with Gasteiger partial charge in [0.15, 0.2) is 12.7 Å². The summed E-state index contributed by atoms with van der Waals surface area (Å²) in [5.41, 5.74) is 3.40. The van der Waals surface area contributed by atoms with Crippen molar-refractivity contribution in [2.45, 2.75) is 44.7 Å². The monoisotopic (exact) mass is 605 g/mol. The number of aromatic nitrogens is 2. The number of benzene rings is 1. The molecule has 4 aromatic rings. The van der Waals surface area contributed by atoms with Crippen LogP contribution in [0.1, 0.15) is 52.5 Å². The number of fused-ring (bicyclic) bond motifs is 1. The van der Waals surface area contributed by atoms with Crippen LogP contribution in [0.2, 0.25) is 0 Å². The molecule has 0 radical (unpaired) electrons. The number of anilines is 1. The lowest BCUT2D eigenvalue weighted by atomic mass is 10.0. The molecule has 1 aromatic carbocycles. The Kier molecular flexibility index (Phi) is 8.89. The van der Waals surface area contributed by atoms with E-state index >= 15 is 0 Å². The van der Waals surface area contributed by atoms with E-state index in [2.05, 4.69) is 47.6 Å². The highest BCUT2D eigenvalue weighted by molar-refractivity contribution is 8.08. The number of thiophene rings is 1. The molecule has 0 bridgehead atoms. The number of carbonyl (C=O) groups is 1. The summed E-state index contributed by atoms with van der Waals surface area (Å²) < 4.78 is 10.6. The van der Waals surface area contributed by atoms with Gasteiger partial charge >= 0.3 is 5.97 Å². The van der Waals surface area contributed by atoms with Crippen molar-refractivity contribution in [1.29, 1.82) is 0 Å². The van der Waals surface area contributed by atoms with Crippen LogP contribution in [0, 0.1) is 0 Å². The Labute approximate surface area is 243 Å². The van der Waals surface area contributed by atoms with Crippen molar-refractivity contribution < 1.29 is 26.5 Å². The number of nitrogens with zero attached hydrogens (tertiary/aromatic N) is 3. The molecule has 0 fully saturated rings. The summed E-state index contributed by atoms with van der Waals surface area (Å²) in [6, 6.07) is 8.54. The number of hydrogen-bond donors (Lipinski definition) is 0. The number of carbonyl (C=O) groups excluding carboxylic acids is 1. The highest BCUT2D eigenvalue weighted by atomic mass is 35.5. The van der Waals surface area contributed by atoms with Crippen LogP contribution in [0.3, 0.4) is 0 Å². The summed E-state index contributed by atoms with van der Waals surface area (Å²) in [4.78, 5) is 29.6. The molecule has 0 atom stereocenters. The predicted molar refractivity (Wildman–Crippen MR) is 155 cm³/mol. The predicted octanol–water partition coefficient (Wildman–Crippen LogP) is 1.44. The summed E-state index contributed by atoms with van der Waals surface area (Å²) >= 11 is 6.21. The summed E-state index contributed by atoms with van der Waals surface area (Å²) in [5, 5.41) is 5.93. The van der Waals surface area contributed by atoms with Crippen LogP contribution in [0.25, 0.3) is 11.1 Å². The van der Waals surface area contributed by atoms with Crippen LogP contribution < -0.4 is 36.6 Å². The van der Waals surface area contributed by atoms with Crippen LogP contribution in [0.15, 0.2) is 50.9 Å². The second-order valence-corrected chi connectivity index (χ2v) is 12.9. The number of thioether (sulfide) groups is 1. The smallest absolute Gasteiger partial charge is 0.348 e. The molecule has 3 aromatic heterocycles. The summed E-state index contributed by atoms with van der Waals surface area (Å²) in [6.07, 6.45) is 4.09. The van der Waals surface area contributed by atoms with E-state index in [4.69, 9.17) is 4.74 Å². The quantitative estimate of drug-likeness (QED) is 0.246. The van der Waals surface area contributed by atoms with Crippen LogP contribution >= 0.6 is 45.8 Å². The van der Waals surface area contributed by atoms with Gasteiger partial charge in [-0.15, -0.1) is 22.7 Å². The molecule has 0 amide bonds. The topological polar surface area (TPSA) is 55.4 Å². The average Bonchev–Trinajstić information content (AvgIpc) is 3.66. The van der Waals surface area contributed by atoms with Crippen molar-refractivity contribution in [2.24, 2.45) is 0 Å². The highest BCUT2D eigenvalue weighted by Crippen LogP contribution is 2.46. The van der Waals surface area contributed by atoms with Gasteiger partial charge in [0, 0.05) is 24.1 Å². The Hall–Kier alpha value is -2.37.